The molecule has 2 aromatic carbocycles. The largest absolute Gasteiger partial charge is 0.327 e. The van der Waals surface area contributed by atoms with Crippen LogP contribution in [0.2, 0.25) is 0 Å². The number of ketones is 1. The molecule has 0 saturated carbocycles. The number of aromatic nitrogens is 2. The molecule has 2 heterocycles. The van der Waals surface area contributed by atoms with Crippen molar-refractivity contribution >= 4 is 5.78 Å². The molecule has 0 spiro atoms. The molecule has 0 N–H and O–H groups in total. The summed E-state index contributed by atoms with van der Waals surface area (Å²) in [5.74, 6) is 1.49. The van der Waals surface area contributed by atoms with E-state index in [1.165, 1.54) is 11.3 Å². The fraction of sp³-hybridized carbons (Fsp3) is 0.333. The topological polar surface area (TPSA) is 38.1 Å². The third-order valence-electron chi connectivity index (χ3n) is 5.72. The van der Waals surface area contributed by atoms with Crippen LogP contribution in [0.15, 0.2) is 66.9 Å². The number of benzene rings is 2. The van der Waals surface area contributed by atoms with Gasteiger partial charge in [0, 0.05) is 30.8 Å². The lowest BCUT2D eigenvalue weighted by atomic mass is 9.89. The molecule has 0 amide bonds. The van der Waals surface area contributed by atoms with Crippen LogP contribution < -0.4 is 0 Å². The number of imidazole rings is 1. The average Bonchev–Trinajstić information content (AvgIpc) is 3.09. The fourth-order valence-electron chi connectivity index (χ4n) is 4.04. The molecule has 4 heteroatoms. The highest BCUT2D eigenvalue weighted by atomic mass is 16.1. The summed E-state index contributed by atoms with van der Waals surface area (Å²) in [5.41, 5.74) is 3.38. The number of Topliss-reactive ketones (excluding diaryl/α,β-unsaturated/α-hetero) is 1. The lowest BCUT2D eigenvalue weighted by molar-refractivity contribution is 0.0833. The zero-order valence-corrected chi connectivity index (χ0v) is 16.4. The standard InChI is InChI=1S/C24H27N3O/c1-19-25-16-23(27(19)17-20-8-4-2-5-9-20)18-26-14-12-22(13-15-26)24(28)21-10-6-3-7-11-21/h2-11,16,22H,12-15,17-18H2,1H3. The Hall–Kier alpha value is -2.72. The number of hydrogen-bond acceptors (Lipinski definition) is 3. The van der Waals surface area contributed by atoms with Gasteiger partial charge in [0.05, 0.1) is 5.69 Å². The van der Waals surface area contributed by atoms with Crippen LogP contribution in [-0.2, 0) is 13.1 Å². The van der Waals surface area contributed by atoms with E-state index in [1.54, 1.807) is 0 Å². The molecule has 0 aliphatic carbocycles. The summed E-state index contributed by atoms with van der Waals surface area (Å²) in [6.45, 7) is 5.72. The molecule has 1 aliphatic rings. The Morgan fingerprint density at radius 3 is 2.29 bits per heavy atom. The summed E-state index contributed by atoms with van der Waals surface area (Å²) in [4.78, 5) is 19.7. The molecule has 4 nitrogen and oxygen atoms in total. The fourth-order valence-corrected chi connectivity index (χ4v) is 4.04. The van der Waals surface area contributed by atoms with Crippen molar-refractivity contribution < 1.29 is 4.79 Å². The number of aryl methyl sites for hydroxylation is 1. The molecule has 0 bridgehead atoms. The zero-order valence-electron chi connectivity index (χ0n) is 16.4. The minimum absolute atomic E-state index is 0.148. The molecule has 3 aromatic rings. The van der Waals surface area contributed by atoms with Gasteiger partial charge in [0.15, 0.2) is 5.78 Å². The van der Waals surface area contributed by atoms with Crippen LogP contribution in [0.5, 0.6) is 0 Å². The maximum Gasteiger partial charge on any atom is 0.166 e. The first kappa shape index (κ1) is 18.6. The maximum absolute atomic E-state index is 12.7. The molecule has 1 aromatic heterocycles. The Bertz CT molecular complexity index is 910. The van der Waals surface area contributed by atoms with Crippen LogP contribution in [-0.4, -0.2) is 33.3 Å². The Morgan fingerprint density at radius 2 is 1.61 bits per heavy atom. The van der Waals surface area contributed by atoms with E-state index in [2.05, 4.69) is 45.6 Å². The van der Waals surface area contributed by atoms with Crippen LogP contribution in [0.1, 0.15) is 40.3 Å². The van der Waals surface area contributed by atoms with E-state index in [4.69, 9.17) is 0 Å². The van der Waals surface area contributed by atoms with E-state index in [9.17, 15) is 4.79 Å². The van der Waals surface area contributed by atoms with E-state index in [-0.39, 0.29) is 5.92 Å². The molecular formula is C24H27N3O. The lowest BCUT2D eigenvalue weighted by Crippen LogP contribution is -2.36. The predicted octanol–water partition coefficient (Wildman–Crippen LogP) is 4.33. The van der Waals surface area contributed by atoms with Gasteiger partial charge < -0.3 is 4.57 Å². The Morgan fingerprint density at radius 1 is 0.964 bits per heavy atom. The van der Waals surface area contributed by atoms with E-state index in [0.717, 1.165) is 50.4 Å². The van der Waals surface area contributed by atoms with Crippen molar-refractivity contribution in [3.8, 4) is 0 Å². The van der Waals surface area contributed by atoms with Gasteiger partial charge in [-0.2, -0.15) is 0 Å². The van der Waals surface area contributed by atoms with Crippen molar-refractivity contribution in [2.45, 2.75) is 32.9 Å². The van der Waals surface area contributed by atoms with Gasteiger partial charge in [-0.3, -0.25) is 9.69 Å². The summed E-state index contributed by atoms with van der Waals surface area (Å²) in [6.07, 6.45) is 3.86. The molecule has 0 radical (unpaired) electrons. The van der Waals surface area contributed by atoms with Crippen LogP contribution in [0.25, 0.3) is 0 Å². The molecule has 144 valence electrons. The van der Waals surface area contributed by atoms with Gasteiger partial charge in [0.2, 0.25) is 0 Å². The normalized spacial score (nSPS) is 15.6. The second-order valence-electron chi connectivity index (χ2n) is 7.65. The minimum Gasteiger partial charge on any atom is -0.327 e. The number of likely N-dealkylation sites (tertiary alicyclic amines) is 1. The second kappa shape index (κ2) is 8.53. The average molecular weight is 374 g/mol. The minimum atomic E-state index is 0.148. The van der Waals surface area contributed by atoms with Crippen molar-refractivity contribution in [2.24, 2.45) is 5.92 Å². The zero-order chi connectivity index (χ0) is 19.3. The smallest absolute Gasteiger partial charge is 0.166 e. The van der Waals surface area contributed by atoms with Gasteiger partial charge in [-0.05, 0) is 38.4 Å². The quantitative estimate of drug-likeness (QED) is 0.604. The van der Waals surface area contributed by atoms with E-state index < -0.39 is 0 Å². The van der Waals surface area contributed by atoms with Gasteiger partial charge >= 0.3 is 0 Å². The van der Waals surface area contributed by atoms with Crippen LogP contribution >= 0.6 is 0 Å². The molecule has 4 rings (SSSR count). The Kier molecular flexibility index (Phi) is 5.68. The van der Waals surface area contributed by atoms with Crippen LogP contribution in [0.4, 0.5) is 0 Å². The third-order valence-corrected chi connectivity index (χ3v) is 5.72. The number of nitrogens with zero attached hydrogens (tertiary/aromatic N) is 3. The number of carbonyl (C=O) groups excluding carboxylic acids is 1. The van der Waals surface area contributed by atoms with Gasteiger partial charge in [-0.25, -0.2) is 4.98 Å². The summed E-state index contributed by atoms with van der Waals surface area (Å²) < 4.78 is 2.30. The highest BCUT2D eigenvalue weighted by Gasteiger charge is 2.26. The predicted molar refractivity (Wildman–Crippen MR) is 111 cm³/mol. The van der Waals surface area contributed by atoms with Crippen molar-refractivity contribution in [1.29, 1.82) is 0 Å². The summed E-state index contributed by atoms with van der Waals surface area (Å²) >= 11 is 0. The molecule has 28 heavy (non-hydrogen) atoms. The van der Waals surface area contributed by atoms with Gasteiger partial charge in [0.1, 0.15) is 5.82 Å². The molecule has 0 atom stereocenters. The summed E-state index contributed by atoms with van der Waals surface area (Å²) in [5, 5.41) is 0. The first-order valence-electron chi connectivity index (χ1n) is 10.1. The van der Waals surface area contributed by atoms with E-state index >= 15 is 0 Å². The van der Waals surface area contributed by atoms with Crippen molar-refractivity contribution in [2.75, 3.05) is 13.1 Å². The van der Waals surface area contributed by atoms with Crippen molar-refractivity contribution in [1.82, 2.24) is 14.5 Å². The van der Waals surface area contributed by atoms with Crippen molar-refractivity contribution in [3.05, 3.63) is 89.5 Å². The Labute approximate surface area is 166 Å². The van der Waals surface area contributed by atoms with Crippen molar-refractivity contribution in [3.63, 3.8) is 0 Å². The SMILES string of the molecule is Cc1ncc(CN2CCC(C(=O)c3ccccc3)CC2)n1Cc1ccccc1. The molecule has 1 aliphatic heterocycles. The summed E-state index contributed by atoms with van der Waals surface area (Å²) in [6, 6.07) is 20.2. The first-order valence-corrected chi connectivity index (χ1v) is 10.1. The third kappa shape index (κ3) is 4.23. The number of piperidine rings is 1. The second-order valence-corrected chi connectivity index (χ2v) is 7.65. The maximum atomic E-state index is 12.7. The number of hydrogen-bond donors (Lipinski definition) is 0. The molecule has 1 saturated heterocycles. The summed E-state index contributed by atoms with van der Waals surface area (Å²) in [7, 11) is 0. The first-order chi connectivity index (χ1) is 13.7. The van der Waals surface area contributed by atoms with Gasteiger partial charge in [-0.1, -0.05) is 60.7 Å². The van der Waals surface area contributed by atoms with Crippen LogP contribution in [0.3, 0.4) is 0 Å². The molecular weight excluding hydrogens is 346 g/mol. The number of carbonyl (C=O) groups is 1. The van der Waals surface area contributed by atoms with E-state index in [1.807, 2.05) is 42.6 Å². The highest BCUT2D eigenvalue weighted by Crippen LogP contribution is 2.23. The highest BCUT2D eigenvalue weighted by molar-refractivity contribution is 5.97. The van der Waals surface area contributed by atoms with E-state index in [0.29, 0.717) is 5.78 Å². The molecule has 0 unspecified atom stereocenters. The number of rotatable bonds is 6. The van der Waals surface area contributed by atoms with Gasteiger partial charge in [0.25, 0.3) is 0 Å². The monoisotopic (exact) mass is 373 g/mol. The van der Waals surface area contributed by atoms with Gasteiger partial charge in [-0.15, -0.1) is 0 Å². The lowest BCUT2D eigenvalue weighted by Gasteiger charge is -2.31. The molecule has 1 fully saturated rings. The van der Waals surface area contributed by atoms with Crippen LogP contribution in [0, 0.1) is 12.8 Å². The Balaban J connectivity index is 1.37.